The first kappa shape index (κ1) is 19.3. The van der Waals surface area contributed by atoms with Gasteiger partial charge in [-0.05, 0) is 81.3 Å². The summed E-state index contributed by atoms with van der Waals surface area (Å²) in [4.78, 5) is 11.6. The van der Waals surface area contributed by atoms with Gasteiger partial charge in [-0.15, -0.1) is 0 Å². The quantitative estimate of drug-likeness (QED) is 0.775. The lowest BCUT2D eigenvalue weighted by molar-refractivity contribution is -0.121. The third kappa shape index (κ3) is 3.51. The summed E-state index contributed by atoms with van der Waals surface area (Å²) in [6.07, 6.45) is 9.33. The van der Waals surface area contributed by atoms with Gasteiger partial charge in [0.2, 0.25) is 0 Å². The van der Waals surface area contributed by atoms with Gasteiger partial charge in [0.25, 0.3) is 0 Å². The molecule has 2 fully saturated rings. The number of ketones is 1. The van der Waals surface area contributed by atoms with Crippen LogP contribution in [0.4, 0.5) is 0 Å². The molecule has 0 radical (unpaired) electrons. The van der Waals surface area contributed by atoms with Crippen molar-refractivity contribution in [3.05, 3.63) is 0 Å². The molecule has 2 nitrogen and oxygen atoms in total. The summed E-state index contributed by atoms with van der Waals surface area (Å²) in [5.74, 6) is 1.28. The van der Waals surface area contributed by atoms with Gasteiger partial charge in [-0.25, -0.2) is 0 Å². The number of thioether (sulfide) groups is 1. The first-order valence-corrected chi connectivity index (χ1v) is 10.5. The Kier molecular flexibility index (Phi) is 5.63. The molecule has 0 aromatic carbocycles. The highest BCUT2D eigenvalue weighted by atomic mass is 32.2. The molecule has 0 saturated heterocycles. The van der Waals surface area contributed by atoms with Crippen molar-refractivity contribution in [1.82, 2.24) is 0 Å². The lowest BCUT2D eigenvalue weighted by Gasteiger charge is -2.58. The van der Waals surface area contributed by atoms with Gasteiger partial charge in [0.15, 0.2) is 0 Å². The average molecular weight is 341 g/mol. The minimum Gasteiger partial charge on any atom is -0.391 e. The van der Waals surface area contributed by atoms with E-state index >= 15 is 0 Å². The highest BCUT2D eigenvalue weighted by molar-refractivity contribution is 8.00. The number of carbonyl (C=O) groups is 1. The van der Waals surface area contributed by atoms with Crippen LogP contribution in [0.25, 0.3) is 0 Å². The van der Waals surface area contributed by atoms with Crippen LogP contribution in [0.1, 0.15) is 79.6 Å². The summed E-state index contributed by atoms with van der Waals surface area (Å²) in [6.45, 7) is 11.1. The van der Waals surface area contributed by atoms with Gasteiger partial charge in [-0.2, -0.15) is 11.8 Å². The van der Waals surface area contributed by atoms with Crippen molar-refractivity contribution < 1.29 is 9.90 Å². The highest BCUT2D eigenvalue weighted by Gasteiger charge is 2.54. The zero-order chi connectivity index (χ0) is 17.5. The van der Waals surface area contributed by atoms with Gasteiger partial charge >= 0.3 is 0 Å². The van der Waals surface area contributed by atoms with Crippen LogP contribution in [0.15, 0.2) is 0 Å². The first-order valence-electron chi connectivity index (χ1n) is 9.31. The molecule has 2 aliphatic carbocycles. The number of hydrogen-bond donors (Lipinski definition) is 1. The smallest absolute Gasteiger partial charge is 0.129 e. The molecule has 6 atom stereocenters. The number of aliphatic hydroxyl groups excluding tert-OH is 1. The van der Waals surface area contributed by atoms with E-state index in [2.05, 4.69) is 34.0 Å². The molecule has 0 heterocycles. The van der Waals surface area contributed by atoms with Crippen LogP contribution in [0.5, 0.6) is 0 Å². The van der Waals surface area contributed by atoms with Crippen LogP contribution in [0.2, 0.25) is 0 Å². The number of fused-ring (bicyclic) bond motifs is 2. The maximum absolute atomic E-state index is 11.6. The van der Waals surface area contributed by atoms with Crippen LogP contribution >= 0.6 is 11.8 Å². The molecule has 2 aliphatic rings. The van der Waals surface area contributed by atoms with Gasteiger partial charge in [0.1, 0.15) is 5.78 Å². The summed E-state index contributed by atoms with van der Waals surface area (Å²) in [5.41, 5.74) is 0.476. The SMILES string of the molecule is CS[C@]1(C)CC[C@@]2(C)CC(CCC(C)=O)(CC[C@H]2C)[C@@H](C)C1O. The zero-order valence-electron chi connectivity index (χ0n) is 15.9. The summed E-state index contributed by atoms with van der Waals surface area (Å²) in [5, 5.41) is 11.2. The van der Waals surface area contributed by atoms with E-state index in [0.29, 0.717) is 11.8 Å². The van der Waals surface area contributed by atoms with Gasteiger partial charge in [-0.1, -0.05) is 20.8 Å². The van der Waals surface area contributed by atoms with Crippen molar-refractivity contribution in [1.29, 1.82) is 0 Å². The summed E-state index contributed by atoms with van der Waals surface area (Å²) in [6, 6.07) is 0. The second-order valence-corrected chi connectivity index (χ2v) is 10.4. The number of hydrogen-bond acceptors (Lipinski definition) is 3. The fourth-order valence-corrected chi connectivity index (χ4v) is 6.03. The molecule has 23 heavy (non-hydrogen) atoms. The van der Waals surface area contributed by atoms with Crippen molar-refractivity contribution in [2.45, 2.75) is 90.4 Å². The molecular weight excluding hydrogens is 304 g/mol. The van der Waals surface area contributed by atoms with E-state index in [-0.39, 0.29) is 28.0 Å². The molecule has 2 bridgehead atoms. The third-order valence-corrected chi connectivity index (χ3v) is 9.10. The molecule has 3 heteroatoms. The molecule has 134 valence electrons. The Labute approximate surface area is 147 Å². The normalized spacial score (nSPS) is 47.7. The fraction of sp³-hybridized carbons (Fsp3) is 0.950. The number of Topliss-reactive ketones (excluding diaryl/α,β-unsaturated/α-hetero) is 1. The molecule has 0 aliphatic heterocycles. The molecule has 2 unspecified atom stereocenters. The van der Waals surface area contributed by atoms with E-state index in [9.17, 15) is 9.90 Å². The minimum atomic E-state index is -0.289. The summed E-state index contributed by atoms with van der Waals surface area (Å²) < 4.78 is -0.0698. The Morgan fingerprint density at radius 3 is 2.43 bits per heavy atom. The van der Waals surface area contributed by atoms with E-state index in [1.165, 1.54) is 25.7 Å². The highest BCUT2D eigenvalue weighted by Crippen LogP contribution is 2.61. The van der Waals surface area contributed by atoms with E-state index in [4.69, 9.17) is 0 Å². The largest absolute Gasteiger partial charge is 0.391 e. The lowest BCUT2D eigenvalue weighted by atomic mass is 9.49. The zero-order valence-corrected chi connectivity index (χ0v) is 16.8. The van der Waals surface area contributed by atoms with Gasteiger partial charge in [-0.3, -0.25) is 0 Å². The fourth-order valence-electron chi connectivity index (χ4n) is 5.28. The van der Waals surface area contributed by atoms with Crippen LogP contribution in [-0.4, -0.2) is 28.0 Å². The van der Waals surface area contributed by atoms with Gasteiger partial charge < -0.3 is 9.90 Å². The standard InChI is InChI=1S/C20H36O2S/c1-14-7-9-20(10-8-15(2)21)13-18(14,4)11-12-19(5,23-6)17(22)16(20)3/h14,16-17,22H,7-13H2,1-6H3/t14-,16+,17?,18+,19-,20?/m1/s1. The summed E-state index contributed by atoms with van der Waals surface area (Å²) in [7, 11) is 0. The second kappa shape index (κ2) is 6.71. The molecule has 0 spiro atoms. The minimum absolute atomic E-state index is 0.0698. The van der Waals surface area contributed by atoms with Crippen molar-refractivity contribution in [2.75, 3.05) is 6.26 Å². The number of rotatable bonds is 4. The van der Waals surface area contributed by atoms with Gasteiger partial charge in [0.05, 0.1) is 6.10 Å². The van der Waals surface area contributed by atoms with Crippen LogP contribution < -0.4 is 0 Å². The van der Waals surface area contributed by atoms with Crippen molar-refractivity contribution in [3.63, 3.8) is 0 Å². The number of carbonyl (C=O) groups excluding carboxylic acids is 1. The molecule has 1 N–H and O–H groups in total. The van der Waals surface area contributed by atoms with E-state index in [0.717, 1.165) is 18.8 Å². The Balaban J connectivity index is 2.41. The monoisotopic (exact) mass is 340 g/mol. The van der Waals surface area contributed by atoms with E-state index in [1.807, 2.05) is 11.8 Å². The predicted molar refractivity (Wildman–Crippen MR) is 99.8 cm³/mol. The van der Waals surface area contributed by atoms with Gasteiger partial charge in [0, 0.05) is 11.2 Å². The average Bonchev–Trinajstić information content (AvgIpc) is 2.52. The Morgan fingerprint density at radius 1 is 1.22 bits per heavy atom. The molecule has 2 saturated carbocycles. The molecule has 0 aromatic heterocycles. The predicted octanol–water partition coefficient (Wildman–Crippen LogP) is 5.08. The van der Waals surface area contributed by atoms with Crippen molar-refractivity contribution >= 4 is 17.5 Å². The summed E-state index contributed by atoms with van der Waals surface area (Å²) >= 11 is 1.83. The molecule has 0 aromatic rings. The Hall–Kier alpha value is -0.0200. The van der Waals surface area contributed by atoms with Crippen LogP contribution in [0.3, 0.4) is 0 Å². The molecular formula is C20H36O2S. The van der Waals surface area contributed by atoms with Crippen LogP contribution in [0, 0.1) is 22.7 Å². The van der Waals surface area contributed by atoms with E-state index < -0.39 is 0 Å². The third-order valence-electron chi connectivity index (χ3n) is 7.72. The van der Waals surface area contributed by atoms with Crippen LogP contribution in [-0.2, 0) is 4.79 Å². The molecule has 2 rings (SSSR count). The van der Waals surface area contributed by atoms with Crippen molar-refractivity contribution in [3.8, 4) is 0 Å². The lowest BCUT2D eigenvalue weighted by Crippen LogP contribution is -2.54. The number of aliphatic hydroxyl groups is 1. The first-order chi connectivity index (χ1) is 10.6. The second-order valence-electron chi connectivity index (χ2n) is 9.09. The molecule has 0 amide bonds. The topological polar surface area (TPSA) is 37.3 Å². The van der Waals surface area contributed by atoms with E-state index in [1.54, 1.807) is 6.92 Å². The maximum Gasteiger partial charge on any atom is 0.129 e. The Morgan fingerprint density at radius 2 is 1.87 bits per heavy atom. The van der Waals surface area contributed by atoms with Crippen molar-refractivity contribution in [2.24, 2.45) is 22.7 Å². The Bertz CT molecular complexity index is 451. The maximum atomic E-state index is 11.6.